The number of aryl methyl sites for hydroxylation is 1. The maximum atomic E-state index is 11.2. The van der Waals surface area contributed by atoms with Crippen molar-refractivity contribution in [1.82, 2.24) is 14.8 Å². The monoisotopic (exact) mass is 402 g/mol. The van der Waals surface area contributed by atoms with Gasteiger partial charge in [-0.1, -0.05) is 34.6 Å². The Morgan fingerprint density at radius 3 is 2.85 bits per heavy atom. The van der Waals surface area contributed by atoms with Gasteiger partial charge in [-0.15, -0.1) is 0 Å². The average molecular weight is 403 g/mol. The van der Waals surface area contributed by atoms with Crippen LogP contribution in [-0.2, 0) is 6.54 Å². The molecule has 3 heterocycles. The molecule has 0 saturated carbocycles. The lowest BCUT2D eigenvalue weighted by Gasteiger charge is -2.25. The number of nitrogens with zero attached hydrogens (tertiary/aromatic N) is 4. The first kappa shape index (κ1) is 18.0. The minimum atomic E-state index is -1.03. The summed E-state index contributed by atoms with van der Waals surface area (Å²) in [5, 5.41) is 15.0. The summed E-state index contributed by atoms with van der Waals surface area (Å²) in [5.41, 5.74) is 4.02. The fourth-order valence-electron chi connectivity index (χ4n) is 3.32. The molecule has 6 nitrogen and oxygen atoms in total. The molecule has 0 amide bonds. The molecule has 0 unspecified atom stereocenters. The highest BCUT2D eigenvalue weighted by Gasteiger charge is 2.18. The van der Waals surface area contributed by atoms with Crippen molar-refractivity contribution in [2.24, 2.45) is 0 Å². The van der Waals surface area contributed by atoms with Gasteiger partial charge in [0.15, 0.2) is 10.8 Å². The Kier molecular flexibility index (Phi) is 4.65. The Morgan fingerprint density at radius 2 is 2.15 bits per heavy atom. The number of fused-ring (bicyclic) bond motifs is 1. The van der Waals surface area contributed by atoms with Crippen molar-refractivity contribution in [2.45, 2.75) is 26.8 Å². The van der Waals surface area contributed by atoms with Crippen LogP contribution < -0.4 is 4.90 Å². The summed E-state index contributed by atoms with van der Waals surface area (Å²) in [4.78, 5) is 18.3. The van der Waals surface area contributed by atoms with Crippen LogP contribution in [0.15, 0.2) is 29.8 Å². The van der Waals surface area contributed by atoms with Gasteiger partial charge in [0.1, 0.15) is 0 Å². The van der Waals surface area contributed by atoms with E-state index in [-0.39, 0.29) is 5.69 Å². The molecule has 1 N–H and O–H groups in total. The number of aromatic nitrogens is 3. The van der Waals surface area contributed by atoms with E-state index in [1.165, 1.54) is 5.57 Å². The van der Waals surface area contributed by atoms with Crippen molar-refractivity contribution in [3.63, 3.8) is 0 Å². The Morgan fingerprint density at radius 1 is 1.33 bits per heavy atom. The van der Waals surface area contributed by atoms with Gasteiger partial charge in [-0.2, -0.15) is 5.10 Å². The molecule has 2 aromatic heterocycles. The van der Waals surface area contributed by atoms with Gasteiger partial charge in [0.05, 0.1) is 16.8 Å². The van der Waals surface area contributed by atoms with Crippen LogP contribution in [-0.4, -0.2) is 38.9 Å². The standard InChI is InChI=1S/C19H19ClN4O2S/c1-11-4-3-5-23(9-11)19-21-17-13(7-14(20)8-16(17)27-19)10-24-12(2)6-15(22-24)18(25)26/h4,6-8H,3,5,9-10H2,1-2H3,(H,25,26). The summed E-state index contributed by atoms with van der Waals surface area (Å²) in [7, 11) is 0. The van der Waals surface area contributed by atoms with Crippen LogP contribution in [0.5, 0.6) is 0 Å². The average Bonchev–Trinajstić information content (AvgIpc) is 3.19. The molecule has 0 bridgehead atoms. The number of thiazole rings is 1. The van der Waals surface area contributed by atoms with Crippen LogP contribution >= 0.6 is 22.9 Å². The molecule has 0 fully saturated rings. The molecule has 3 aromatic rings. The molecule has 0 spiro atoms. The summed E-state index contributed by atoms with van der Waals surface area (Å²) in [6.45, 7) is 6.26. The number of hydrogen-bond acceptors (Lipinski definition) is 5. The highest BCUT2D eigenvalue weighted by atomic mass is 35.5. The number of carboxylic acids is 1. The SMILES string of the molecule is CC1=CCCN(c2nc3c(Cn4nc(C(=O)O)cc4C)cc(Cl)cc3s2)C1. The fourth-order valence-corrected chi connectivity index (χ4v) is 4.70. The molecule has 4 rings (SSSR count). The largest absolute Gasteiger partial charge is 0.476 e. The molecule has 1 aliphatic heterocycles. The van der Waals surface area contributed by atoms with E-state index in [0.717, 1.165) is 46.1 Å². The second kappa shape index (κ2) is 6.98. The van der Waals surface area contributed by atoms with Gasteiger partial charge in [0, 0.05) is 29.4 Å². The number of carboxylic acid groups (broad SMARTS) is 1. The van der Waals surface area contributed by atoms with E-state index in [9.17, 15) is 4.79 Å². The molecule has 0 saturated heterocycles. The Balaban J connectivity index is 1.72. The van der Waals surface area contributed by atoms with Crippen molar-refractivity contribution >= 4 is 44.3 Å². The molecule has 1 aromatic carbocycles. The first-order valence-corrected chi connectivity index (χ1v) is 9.87. The van der Waals surface area contributed by atoms with E-state index in [1.54, 1.807) is 22.1 Å². The van der Waals surface area contributed by atoms with Crippen molar-refractivity contribution in [2.75, 3.05) is 18.0 Å². The lowest BCUT2D eigenvalue weighted by atomic mass is 10.1. The maximum Gasteiger partial charge on any atom is 0.356 e. The van der Waals surface area contributed by atoms with E-state index in [0.29, 0.717) is 11.6 Å². The van der Waals surface area contributed by atoms with Gasteiger partial charge < -0.3 is 10.0 Å². The smallest absolute Gasteiger partial charge is 0.356 e. The normalized spacial score (nSPS) is 14.6. The van der Waals surface area contributed by atoms with E-state index < -0.39 is 5.97 Å². The highest BCUT2D eigenvalue weighted by Crippen LogP contribution is 2.34. The topological polar surface area (TPSA) is 71.2 Å². The van der Waals surface area contributed by atoms with Crippen molar-refractivity contribution < 1.29 is 9.90 Å². The third-order valence-corrected chi connectivity index (χ3v) is 5.93. The van der Waals surface area contributed by atoms with Crippen molar-refractivity contribution in [3.8, 4) is 0 Å². The fraction of sp³-hybridized carbons (Fsp3) is 0.316. The summed E-state index contributed by atoms with van der Waals surface area (Å²) in [5.74, 6) is -1.03. The van der Waals surface area contributed by atoms with E-state index >= 15 is 0 Å². The quantitative estimate of drug-likeness (QED) is 0.656. The molecule has 1 aliphatic rings. The number of anilines is 1. The van der Waals surface area contributed by atoms with Crippen LogP contribution in [0.25, 0.3) is 10.2 Å². The van der Waals surface area contributed by atoms with Gasteiger partial charge in [-0.3, -0.25) is 4.68 Å². The lowest BCUT2D eigenvalue weighted by molar-refractivity contribution is 0.0689. The number of hydrogen-bond donors (Lipinski definition) is 1. The van der Waals surface area contributed by atoms with Crippen LogP contribution in [0, 0.1) is 6.92 Å². The lowest BCUT2D eigenvalue weighted by Crippen LogP contribution is -2.28. The number of halogens is 1. The molecular weight excluding hydrogens is 384 g/mol. The number of benzene rings is 1. The maximum absolute atomic E-state index is 11.2. The zero-order chi connectivity index (χ0) is 19.1. The van der Waals surface area contributed by atoms with Crippen LogP contribution in [0.2, 0.25) is 5.02 Å². The first-order valence-electron chi connectivity index (χ1n) is 8.68. The Labute approximate surface area is 165 Å². The molecule has 8 heteroatoms. The van der Waals surface area contributed by atoms with Gasteiger partial charge in [-0.05, 0) is 38.5 Å². The predicted octanol–water partition coefficient (Wildman–Crippen LogP) is 4.36. The van der Waals surface area contributed by atoms with Crippen LogP contribution in [0.4, 0.5) is 5.13 Å². The van der Waals surface area contributed by atoms with Gasteiger partial charge in [-0.25, -0.2) is 9.78 Å². The summed E-state index contributed by atoms with van der Waals surface area (Å²) < 4.78 is 2.71. The Bertz CT molecular complexity index is 1070. The summed E-state index contributed by atoms with van der Waals surface area (Å²) in [6, 6.07) is 5.39. The second-order valence-electron chi connectivity index (χ2n) is 6.80. The predicted molar refractivity (Wildman–Crippen MR) is 108 cm³/mol. The molecule has 0 radical (unpaired) electrons. The van der Waals surface area contributed by atoms with Gasteiger partial charge >= 0.3 is 5.97 Å². The summed E-state index contributed by atoms with van der Waals surface area (Å²) in [6.07, 6.45) is 3.30. The summed E-state index contributed by atoms with van der Waals surface area (Å²) >= 11 is 7.97. The second-order valence-corrected chi connectivity index (χ2v) is 8.25. The number of aromatic carboxylic acids is 1. The van der Waals surface area contributed by atoms with Crippen LogP contribution in [0.1, 0.15) is 35.1 Å². The minimum Gasteiger partial charge on any atom is -0.476 e. The molecule has 140 valence electrons. The highest BCUT2D eigenvalue weighted by molar-refractivity contribution is 7.22. The van der Waals surface area contributed by atoms with Gasteiger partial charge in [0.2, 0.25) is 0 Å². The van der Waals surface area contributed by atoms with Crippen molar-refractivity contribution in [3.05, 3.63) is 51.8 Å². The van der Waals surface area contributed by atoms with E-state index in [4.69, 9.17) is 21.7 Å². The van der Waals surface area contributed by atoms with E-state index in [2.05, 4.69) is 23.0 Å². The van der Waals surface area contributed by atoms with Crippen molar-refractivity contribution in [1.29, 1.82) is 0 Å². The molecular formula is C19H19ClN4O2S. The zero-order valence-electron chi connectivity index (χ0n) is 15.1. The Hall–Kier alpha value is -2.38. The van der Waals surface area contributed by atoms with E-state index in [1.807, 2.05) is 19.1 Å². The van der Waals surface area contributed by atoms with Crippen LogP contribution in [0.3, 0.4) is 0 Å². The molecule has 0 atom stereocenters. The number of carbonyl (C=O) groups is 1. The molecule has 27 heavy (non-hydrogen) atoms. The first-order chi connectivity index (χ1) is 12.9. The van der Waals surface area contributed by atoms with Gasteiger partial charge in [0.25, 0.3) is 0 Å². The number of rotatable bonds is 4. The third-order valence-electron chi connectivity index (χ3n) is 4.65. The molecule has 0 aliphatic carbocycles. The zero-order valence-corrected chi connectivity index (χ0v) is 16.6. The minimum absolute atomic E-state index is 0.0420. The third kappa shape index (κ3) is 3.57.